The first kappa shape index (κ1) is 19.2. The first-order valence-electron chi connectivity index (χ1n) is 10.3. The molecule has 0 saturated heterocycles. The third-order valence-electron chi connectivity index (χ3n) is 5.36. The summed E-state index contributed by atoms with van der Waals surface area (Å²) in [6.07, 6.45) is 0.425. The maximum atomic E-state index is 12.7. The number of fused-ring (bicyclic) bond motifs is 2. The van der Waals surface area contributed by atoms with E-state index in [1.807, 2.05) is 64.1 Å². The van der Waals surface area contributed by atoms with Gasteiger partial charge in [-0.05, 0) is 57.5 Å². The predicted octanol–water partition coefficient (Wildman–Crippen LogP) is 3.19. The normalized spacial score (nSPS) is 15.9. The van der Waals surface area contributed by atoms with Crippen LogP contribution >= 0.6 is 0 Å². The Morgan fingerprint density at radius 1 is 1.13 bits per heavy atom. The molecule has 0 aliphatic carbocycles. The predicted molar refractivity (Wildman–Crippen MR) is 115 cm³/mol. The Bertz CT molecular complexity index is 1300. The summed E-state index contributed by atoms with van der Waals surface area (Å²) in [6, 6.07) is 11.6. The average Bonchev–Trinajstić information content (AvgIpc) is 3.27. The van der Waals surface area contributed by atoms with E-state index in [2.05, 4.69) is 20.6 Å². The van der Waals surface area contributed by atoms with Crippen molar-refractivity contribution in [3.63, 3.8) is 0 Å². The van der Waals surface area contributed by atoms with E-state index in [1.54, 1.807) is 9.20 Å². The highest BCUT2D eigenvalue weighted by molar-refractivity contribution is 5.95. The molecule has 0 radical (unpaired) electrons. The van der Waals surface area contributed by atoms with Crippen LogP contribution < -0.4 is 10.1 Å². The summed E-state index contributed by atoms with van der Waals surface area (Å²) in [7, 11) is 0. The number of ether oxygens (including phenoxy) is 1. The zero-order valence-electron chi connectivity index (χ0n) is 17.8. The first-order chi connectivity index (χ1) is 14.9. The maximum absolute atomic E-state index is 12.7. The van der Waals surface area contributed by atoms with E-state index < -0.39 is 0 Å². The maximum Gasteiger partial charge on any atom is 0.226 e. The van der Waals surface area contributed by atoms with E-state index >= 15 is 0 Å². The summed E-state index contributed by atoms with van der Waals surface area (Å²) in [5.74, 6) is 2.52. The fourth-order valence-electron chi connectivity index (χ4n) is 4.07. The van der Waals surface area contributed by atoms with Gasteiger partial charge in [0.15, 0.2) is 17.3 Å². The van der Waals surface area contributed by atoms with Crippen LogP contribution in [-0.4, -0.2) is 41.6 Å². The van der Waals surface area contributed by atoms with Gasteiger partial charge in [-0.3, -0.25) is 4.79 Å². The molecule has 4 aromatic rings. The van der Waals surface area contributed by atoms with Gasteiger partial charge in [0.05, 0.1) is 11.8 Å². The highest BCUT2D eigenvalue weighted by Gasteiger charge is 2.33. The SMILES string of the molecule is Cc1nn(-c2ccc3nnc(C)n3n2)c2c1[C@@H](c1cccc(OC(C)C)c1)CC(=O)N2. The van der Waals surface area contributed by atoms with Crippen molar-refractivity contribution in [2.45, 2.75) is 46.1 Å². The molecule has 9 heteroatoms. The van der Waals surface area contributed by atoms with Crippen molar-refractivity contribution < 1.29 is 9.53 Å². The molecule has 1 aromatic carbocycles. The molecule has 1 N–H and O–H groups in total. The number of anilines is 1. The molecule has 1 aliphatic rings. The second-order valence-electron chi connectivity index (χ2n) is 8.01. The van der Waals surface area contributed by atoms with Gasteiger partial charge in [-0.15, -0.1) is 15.3 Å². The smallest absolute Gasteiger partial charge is 0.226 e. The summed E-state index contributed by atoms with van der Waals surface area (Å²) in [5, 5.41) is 20.5. The van der Waals surface area contributed by atoms with Crippen molar-refractivity contribution in [2.24, 2.45) is 0 Å². The van der Waals surface area contributed by atoms with Crippen LogP contribution in [0, 0.1) is 13.8 Å². The van der Waals surface area contributed by atoms with E-state index in [0.717, 1.165) is 22.6 Å². The lowest BCUT2D eigenvalue weighted by molar-refractivity contribution is -0.116. The Hall–Kier alpha value is -3.75. The molecule has 9 nitrogen and oxygen atoms in total. The van der Waals surface area contributed by atoms with E-state index in [9.17, 15) is 4.79 Å². The van der Waals surface area contributed by atoms with Crippen LogP contribution in [0.25, 0.3) is 11.5 Å². The van der Waals surface area contributed by atoms with E-state index in [-0.39, 0.29) is 17.9 Å². The van der Waals surface area contributed by atoms with Crippen molar-refractivity contribution in [1.82, 2.24) is 29.6 Å². The van der Waals surface area contributed by atoms with Gasteiger partial charge in [-0.1, -0.05) is 12.1 Å². The van der Waals surface area contributed by atoms with Crippen LogP contribution in [0.2, 0.25) is 0 Å². The van der Waals surface area contributed by atoms with Gasteiger partial charge in [0.1, 0.15) is 11.6 Å². The van der Waals surface area contributed by atoms with Crippen molar-refractivity contribution in [3.05, 3.63) is 59.0 Å². The number of carbonyl (C=O) groups is 1. The van der Waals surface area contributed by atoms with Gasteiger partial charge >= 0.3 is 0 Å². The third-order valence-corrected chi connectivity index (χ3v) is 5.36. The summed E-state index contributed by atoms with van der Waals surface area (Å²) < 4.78 is 9.21. The van der Waals surface area contributed by atoms with Gasteiger partial charge < -0.3 is 10.1 Å². The van der Waals surface area contributed by atoms with Crippen molar-refractivity contribution >= 4 is 17.4 Å². The fraction of sp³-hybridized carbons (Fsp3) is 0.318. The van der Waals surface area contributed by atoms with Gasteiger partial charge in [-0.2, -0.15) is 14.3 Å². The molecular weight excluding hydrogens is 394 g/mol. The summed E-state index contributed by atoms with van der Waals surface area (Å²) in [4.78, 5) is 12.7. The van der Waals surface area contributed by atoms with E-state index in [1.165, 1.54) is 0 Å². The number of carbonyl (C=O) groups excluding carboxylic acids is 1. The molecule has 31 heavy (non-hydrogen) atoms. The van der Waals surface area contributed by atoms with Gasteiger partial charge in [0.2, 0.25) is 5.91 Å². The second-order valence-corrected chi connectivity index (χ2v) is 8.01. The van der Waals surface area contributed by atoms with Crippen LogP contribution in [-0.2, 0) is 4.79 Å². The lowest BCUT2D eigenvalue weighted by Gasteiger charge is -2.24. The Labute approximate surface area is 179 Å². The Balaban J connectivity index is 1.62. The minimum atomic E-state index is -0.117. The molecular formula is C22H23N7O2. The number of nitrogens with zero attached hydrogens (tertiary/aromatic N) is 6. The quantitative estimate of drug-likeness (QED) is 0.547. The number of nitrogens with one attached hydrogen (secondary N) is 1. The fourth-order valence-corrected chi connectivity index (χ4v) is 4.07. The molecule has 4 heterocycles. The summed E-state index contributed by atoms with van der Waals surface area (Å²) in [5.41, 5.74) is 3.51. The summed E-state index contributed by atoms with van der Waals surface area (Å²) in [6.45, 7) is 7.78. The topological polar surface area (TPSA) is 99.2 Å². The number of benzene rings is 1. The van der Waals surface area contributed by atoms with Gasteiger partial charge in [0.25, 0.3) is 0 Å². The number of hydrogen-bond donors (Lipinski definition) is 1. The molecule has 0 spiro atoms. The van der Waals surface area contributed by atoms with Crippen molar-refractivity contribution in [2.75, 3.05) is 5.32 Å². The lowest BCUT2D eigenvalue weighted by Crippen LogP contribution is -2.25. The number of aryl methyl sites for hydroxylation is 2. The van der Waals surface area contributed by atoms with Gasteiger partial charge in [0, 0.05) is 17.9 Å². The largest absolute Gasteiger partial charge is 0.491 e. The number of aromatic nitrogens is 6. The molecule has 3 aromatic heterocycles. The van der Waals surface area contributed by atoms with Crippen LogP contribution in [0.5, 0.6) is 5.75 Å². The highest BCUT2D eigenvalue weighted by Crippen LogP contribution is 2.40. The molecule has 0 bridgehead atoms. The van der Waals surface area contributed by atoms with Gasteiger partial charge in [-0.25, -0.2) is 0 Å². The van der Waals surface area contributed by atoms with E-state index in [4.69, 9.17) is 9.84 Å². The van der Waals surface area contributed by atoms with E-state index in [0.29, 0.717) is 29.5 Å². The zero-order chi connectivity index (χ0) is 21.7. The molecule has 1 aliphatic heterocycles. The number of amides is 1. The Morgan fingerprint density at radius 2 is 1.97 bits per heavy atom. The monoisotopic (exact) mass is 417 g/mol. The Morgan fingerprint density at radius 3 is 2.77 bits per heavy atom. The standard InChI is InChI=1S/C22H23N7O2/c1-12(2)31-16-7-5-6-15(10-16)17-11-20(30)23-22-21(17)13(3)26-29(22)19-9-8-18-25-24-14(4)28(18)27-19/h5-10,12,17H,11H2,1-4H3,(H,23,30)/t17-/m1/s1. The molecule has 0 unspecified atom stereocenters. The van der Waals surface area contributed by atoms with Crippen molar-refractivity contribution in [1.29, 1.82) is 0 Å². The lowest BCUT2D eigenvalue weighted by atomic mass is 9.86. The van der Waals surface area contributed by atoms with Crippen LogP contribution in [0.4, 0.5) is 5.82 Å². The molecule has 1 atom stereocenters. The minimum Gasteiger partial charge on any atom is -0.491 e. The van der Waals surface area contributed by atoms with Crippen LogP contribution in [0.15, 0.2) is 36.4 Å². The minimum absolute atomic E-state index is 0.0598. The summed E-state index contributed by atoms with van der Waals surface area (Å²) >= 11 is 0. The molecule has 1 amide bonds. The number of hydrogen-bond acceptors (Lipinski definition) is 6. The molecule has 5 rings (SSSR count). The van der Waals surface area contributed by atoms with Crippen LogP contribution in [0.1, 0.15) is 48.8 Å². The molecule has 158 valence electrons. The highest BCUT2D eigenvalue weighted by atomic mass is 16.5. The van der Waals surface area contributed by atoms with Crippen molar-refractivity contribution in [3.8, 4) is 11.6 Å². The molecule has 0 saturated carbocycles. The zero-order valence-corrected chi connectivity index (χ0v) is 17.8. The average molecular weight is 417 g/mol. The second kappa shape index (κ2) is 7.19. The Kier molecular flexibility index (Phi) is 4.46. The first-order valence-corrected chi connectivity index (χ1v) is 10.3. The third kappa shape index (κ3) is 3.31. The number of rotatable bonds is 4. The van der Waals surface area contributed by atoms with Crippen LogP contribution in [0.3, 0.4) is 0 Å². The molecule has 0 fully saturated rings.